The summed E-state index contributed by atoms with van der Waals surface area (Å²) in [5.41, 5.74) is 2.59. The van der Waals surface area contributed by atoms with Crippen LogP contribution in [-0.2, 0) is 16.0 Å². The Morgan fingerprint density at radius 2 is 2.00 bits per heavy atom. The van der Waals surface area contributed by atoms with Crippen LogP contribution in [-0.4, -0.2) is 66.6 Å². The van der Waals surface area contributed by atoms with Crippen LogP contribution in [0.15, 0.2) is 35.7 Å². The molecule has 1 saturated carbocycles. The van der Waals surface area contributed by atoms with Crippen LogP contribution < -0.4 is 0 Å². The molecule has 3 heterocycles. The number of rotatable bonds is 5. The van der Waals surface area contributed by atoms with E-state index in [1.54, 1.807) is 11.3 Å². The summed E-state index contributed by atoms with van der Waals surface area (Å²) in [4.78, 5) is 22.6. The first-order valence-electron chi connectivity index (χ1n) is 11.0. The number of likely N-dealkylation sites (tertiary alicyclic amines) is 1. The van der Waals surface area contributed by atoms with E-state index in [0.29, 0.717) is 17.8 Å². The number of thiazole rings is 1. The van der Waals surface area contributed by atoms with Gasteiger partial charge in [0, 0.05) is 49.1 Å². The normalized spacial score (nSPS) is 28.2. The van der Waals surface area contributed by atoms with Gasteiger partial charge in [-0.1, -0.05) is 44.2 Å². The molecule has 3 aliphatic rings. The molecule has 5 nitrogen and oxygen atoms in total. The van der Waals surface area contributed by atoms with E-state index in [9.17, 15) is 4.79 Å². The van der Waals surface area contributed by atoms with Crippen LogP contribution in [0, 0.1) is 16.7 Å². The van der Waals surface area contributed by atoms with Crippen LogP contribution in [0.4, 0.5) is 0 Å². The van der Waals surface area contributed by atoms with Crippen LogP contribution in [0.1, 0.15) is 26.0 Å². The summed E-state index contributed by atoms with van der Waals surface area (Å²) in [6.45, 7) is 11.3. The number of amides is 1. The minimum atomic E-state index is 0.228. The molecule has 2 aliphatic heterocycles. The molecule has 2 atom stereocenters. The summed E-state index contributed by atoms with van der Waals surface area (Å²) < 4.78 is 5.53. The SMILES string of the molecule is CC1(C)C[C@]2(CN3CCOCC3)CN(C(=O)Cc3csc(-c4ccccc4)n3)C[C@H]12. The van der Waals surface area contributed by atoms with Crippen molar-refractivity contribution >= 4 is 17.2 Å². The molecule has 1 amide bonds. The first-order valence-corrected chi connectivity index (χ1v) is 11.9. The predicted molar refractivity (Wildman–Crippen MR) is 119 cm³/mol. The second kappa shape index (κ2) is 7.74. The van der Waals surface area contributed by atoms with Crippen molar-refractivity contribution in [3.8, 4) is 10.6 Å². The number of ether oxygens (including phenoxy) is 1. The Morgan fingerprint density at radius 1 is 1.23 bits per heavy atom. The molecule has 1 aromatic carbocycles. The lowest BCUT2D eigenvalue weighted by Gasteiger charge is -2.58. The molecular weight excluding hydrogens is 394 g/mol. The summed E-state index contributed by atoms with van der Waals surface area (Å²) >= 11 is 1.62. The number of hydrogen-bond acceptors (Lipinski definition) is 5. The molecule has 0 radical (unpaired) electrons. The van der Waals surface area contributed by atoms with Gasteiger partial charge >= 0.3 is 0 Å². The van der Waals surface area contributed by atoms with Crippen LogP contribution in [0.25, 0.3) is 10.6 Å². The Balaban J connectivity index is 1.26. The fraction of sp³-hybridized carbons (Fsp3) is 0.583. The Kier molecular flexibility index (Phi) is 5.20. The van der Waals surface area contributed by atoms with Crippen molar-refractivity contribution in [3.63, 3.8) is 0 Å². The average molecular weight is 426 g/mol. The van der Waals surface area contributed by atoms with Gasteiger partial charge in [-0.3, -0.25) is 9.69 Å². The van der Waals surface area contributed by atoms with Crippen LogP contribution in [0.3, 0.4) is 0 Å². The molecule has 0 unspecified atom stereocenters. The summed E-state index contributed by atoms with van der Waals surface area (Å²) in [6.07, 6.45) is 1.62. The molecule has 0 spiro atoms. The van der Waals surface area contributed by atoms with Crippen molar-refractivity contribution in [3.05, 3.63) is 41.4 Å². The minimum absolute atomic E-state index is 0.228. The molecule has 1 aromatic heterocycles. The maximum Gasteiger partial charge on any atom is 0.228 e. The van der Waals surface area contributed by atoms with Gasteiger partial charge in [-0.15, -0.1) is 11.3 Å². The number of aromatic nitrogens is 1. The van der Waals surface area contributed by atoms with E-state index in [2.05, 4.69) is 35.8 Å². The van der Waals surface area contributed by atoms with Crippen molar-refractivity contribution in [1.82, 2.24) is 14.8 Å². The highest BCUT2D eigenvalue weighted by Gasteiger charge is 2.63. The molecule has 6 heteroatoms. The largest absolute Gasteiger partial charge is 0.379 e. The second-order valence-electron chi connectivity index (χ2n) is 9.93. The quantitative estimate of drug-likeness (QED) is 0.735. The Labute approximate surface area is 183 Å². The van der Waals surface area contributed by atoms with Gasteiger partial charge in [0.15, 0.2) is 0 Å². The Morgan fingerprint density at radius 3 is 2.73 bits per heavy atom. The predicted octanol–water partition coefficient (Wildman–Crippen LogP) is 3.56. The van der Waals surface area contributed by atoms with E-state index in [-0.39, 0.29) is 11.3 Å². The summed E-state index contributed by atoms with van der Waals surface area (Å²) in [6, 6.07) is 10.2. The topological polar surface area (TPSA) is 45.7 Å². The first kappa shape index (κ1) is 20.2. The second-order valence-corrected chi connectivity index (χ2v) is 10.8. The van der Waals surface area contributed by atoms with E-state index in [4.69, 9.17) is 9.72 Å². The van der Waals surface area contributed by atoms with Gasteiger partial charge in [-0.05, 0) is 17.8 Å². The van der Waals surface area contributed by atoms with E-state index in [1.165, 1.54) is 6.42 Å². The van der Waals surface area contributed by atoms with Gasteiger partial charge in [0.05, 0.1) is 25.3 Å². The van der Waals surface area contributed by atoms with Gasteiger partial charge in [0.2, 0.25) is 5.91 Å². The van der Waals surface area contributed by atoms with Crippen LogP contribution >= 0.6 is 11.3 Å². The van der Waals surface area contributed by atoms with E-state index in [0.717, 1.165) is 62.2 Å². The van der Waals surface area contributed by atoms with Gasteiger partial charge in [-0.2, -0.15) is 0 Å². The first-order chi connectivity index (χ1) is 14.5. The molecule has 5 rings (SSSR count). The molecule has 0 bridgehead atoms. The molecular formula is C24H31N3O2S. The summed E-state index contributed by atoms with van der Waals surface area (Å²) in [7, 11) is 0. The minimum Gasteiger partial charge on any atom is -0.379 e. The van der Waals surface area contributed by atoms with Gasteiger partial charge in [0.1, 0.15) is 5.01 Å². The fourth-order valence-electron chi connectivity index (χ4n) is 6.10. The standard InChI is InChI=1S/C24H31N3O2S/c1-23(2)15-24(16-26-8-10-29-11-9-26)17-27(13-20(23)24)21(28)12-19-14-30-22(25-19)18-6-4-3-5-7-18/h3-7,14,20H,8-13,15-17H2,1-2H3/t20-,24+/m1/s1. The maximum absolute atomic E-state index is 13.2. The van der Waals surface area contributed by atoms with Crippen LogP contribution in [0.5, 0.6) is 0 Å². The lowest BCUT2D eigenvalue weighted by molar-refractivity contribution is -0.130. The molecule has 2 aromatic rings. The number of carbonyl (C=O) groups excluding carboxylic acids is 1. The zero-order valence-corrected chi connectivity index (χ0v) is 18.8. The molecule has 0 N–H and O–H groups in total. The van der Waals surface area contributed by atoms with Gasteiger partial charge in [0.25, 0.3) is 0 Å². The van der Waals surface area contributed by atoms with Crippen LogP contribution in [0.2, 0.25) is 0 Å². The van der Waals surface area contributed by atoms with Gasteiger partial charge in [-0.25, -0.2) is 4.98 Å². The van der Waals surface area contributed by atoms with Crippen molar-refractivity contribution in [2.24, 2.45) is 16.7 Å². The molecule has 2 saturated heterocycles. The zero-order chi connectivity index (χ0) is 20.8. The number of carbonyl (C=O) groups is 1. The molecule has 3 fully saturated rings. The van der Waals surface area contributed by atoms with E-state index in [1.807, 2.05) is 23.6 Å². The highest BCUT2D eigenvalue weighted by atomic mass is 32.1. The Bertz CT molecular complexity index is 906. The molecule has 30 heavy (non-hydrogen) atoms. The van der Waals surface area contributed by atoms with Crippen molar-refractivity contribution < 1.29 is 9.53 Å². The maximum atomic E-state index is 13.2. The summed E-state index contributed by atoms with van der Waals surface area (Å²) in [5.74, 6) is 0.818. The van der Waals surface area contributed by atoms with Crippen molar-refractivity contribution in [1.29, 1.82) is 0 Å². The lowest BCUT2D eigenvalue weighted by atomic mass is 9.48. The number of morpholine rings is 1. The average Bonchev–Trinajstić information content (AvgIpc) is 3.32. The van der Waals surface area contributed by atoms with E-state index < -0.39 is 0 Å². The third-order valence-corrected chi connectivity index (χ3v) is 8.24. The lowest BCUT2D eigenvalue weighted by Crippen LogP contribution is -2.59. The molecule has 1 aliphatic carbocycles. The number of hydrogen-bond donors (Lipinski definition) is 0. The van der Waals surface area contributed by atoms with Crippen molar-refractivity contribution in [2.75, 3.05) is 45.9 Å². The fourth-order valence-corrected chi connectivity index (χ4v) is 6.93. The highest BCUT2D eigenvalue weighted by Crippen LogP contribution is 2.63. The third kappa shape index (κ3) is 3.70. The molecule has 160 valence electrons. The Hall–Kier alpha value is -1.76. The number of nitrogens with zero attached hydrogens (tertiary/aromatic N) is 3. The number of fused-ring (bicyclic) bond motifs is 1. The smallest absolute Gasteiger partial charge is 0.228 e. The zero-order valence-electron chi connectivity index (χ0n) is 18.0. The van der Waals surface area contributed by atoms with E-state index >= 15 is 0 Å². The van der Waals surface area contributed by atoms with Crippen molar-refractivity contribution in [2.45, 2.75) is 26.7 Å². The van der Waals surface area contributed by atoms with Gasteiger partial charge < -0.3 is 9.64 Å². The summed E-state index contributed by atoms with van der Waals surface area (Å²) in [5, 5.41) is 3.03. The highest BCUT2D eigenvalue weighted by molar-refractivity contribution is 7.13. The monoisotopic (exact) mass is 425 g/mol. The third-order valence-electron chi connectivity index (χ3n) is 7.30. The number of benzene rings is 1.